The normalized spacial score (nSPS) is 11.6. The summed E-state index contributed by atoms with van der Waals surface area (Å²) in [5, 5.41) is 8.76. The lowest BCUT2D eigenvalue weighted by Crippen LogP contribution is -2.29. The third-order valence-electron chi connectivity index (χ3n) is 2.33. The average Bonchev–Trinajstić information content (AvgIpc) is 2.35. The molecule has 0 saturated heterocycles. The lowest BCUT2D eigenvalue weighted by molar-refractivity contribution is -0.136. The number of methoxy groups -OCH3 is 1. The fraction of sp³-hybridized carbons (Fsp3) is 0.364. The molecule has 0 aliphatic rings. The molecule has 0 unspecified atom stereocenters. The van der Waals surface area contributed by atoms with Crippen LogP contribution in [0.25, 0.3) is 0 Å². The molecule has 0 amide bonds. The first-order valence-electron chi connectivity index (χ1n) is 5.43. The maximum Gasteiger partial charge on any atom is 0.307 e. The molecule has 0 radical (unpaired) electrons. The van der Waals surface area contributed by atoms with E-state index < -0.39 is 35.4 Å². The third-order valence-corrected chi connectivity index (χ3v) is 3.85. The van der Waals surface area contributed by atoms with E-state index in [1.54, 1.807) is 4.72 Å². The van der Waals surface area contributed by atoms with E-state index in [1.807, 2.05) is 0 Å². The number of ether oxygens (including phenoxy) is 1. The molecule has 0 aliphatic carbocycles. The van der Waals surface area contributed by atoms with Crippen LogP contribution in [0.4, 0.5) is 8.78 Å². The number of alkyl halides is 2. The van der Waals surface area contributed by atoms with E-state index in [-0.39, 0.29) is 16.2 Å². The molecule has 0 aromatic heterocycles. The smallest absolute Gasteiger partial charge is 0.307 e. The molecule has 6 nitrogen and oxygen atoms in total. The van der Waals surface area contributed by atoms with Crippen LogP contribution in [0.1, 0.15) is 5.56 Å². The van der Waals surface area contributed by atoms with Crippen LogP contribution >= 0.6 is 0 Å². The molecule has 20 heavy (non-hydrogen) atoms. The Morgan fingerprint density at radius 2 is 2.10 bits per heavy atom. The first-order chi connectivity index (χ1) is 9.26. The Morgan fingerprint density at radius 1 is 1.45 bits per heavy atom. The maximum atomic E-state index is 12.1. The molecule has 0 fully saturated rings. The Bertz CT molecular complexity index is 588. The van der Waals surface area contributed by atoms with Gasteiger partial charge >= 0.3 is 5.97 Å². The number of nitrogens with one attached hydrogen (secondary N) is 1. The highest BCUT2D eigenvalue weighted by molar-refractivity contribution is 7.89. The summed E-state index contributed by atoms with van der Waals surface area (Å²) in [4.78, 5) is 10.4. The fourth-order valence-corrected chi connectivity index (χ4v) is 2.72. The van der Waals surface area contributed by atoms with Gasteiger partial charge < -0.3 is 9.84 Å². The second-order valence-electron chi connectivity index (χ2n) is 3.79. The molecular weight excluding hydrogens is 296 g/mol. The van der Waals surface area contributed by atoms with E-state index in [0.29, 0.717) is 0 Å². The summed E-state index contributed by atoms with van der Waals surface area (Å²) < 4.78 is 54.4. The van der Waals surface area contributed by atoms with Crippen LogP contribution in [0.3, 0.4) is 0 Å². The quantitative estimate of drug-likeness (QED) is 0.779. The van der Waals surface area contributed by atoms with Gasteiger partial charge in [-0.05, 0) is 23.8 Å². The van der Waals surface area contributed by atoms with Crippen molar-refractivity contribution in [2.45, 2.75) is 17.7 Å². The summed E-state index contributed by atoms with van der Waals surface area (Å²) >= 11 is 0. The van der Waals surface area contributed by atoms with Gasteiger partial charge in [0, 0.05) is 0 Å². The largest absolute Gasteiger partial charge is 0.497 e. The number of carbonyl (C=O) groups is 1. The molecule has 0 aliphatic heterocycles. The lowest BCUT2D eigenvalue weighted by atomic mass is 10.1. The van der Waals surface area contributed by atoms with E-state index in [0.717, 1.165) is 6.07 Å². The molecule has 2 N–H and O–H groups in total. The molecule has 1 aromatic carbocycles. The lowest BCUT2D eigenvalue weighted by Gasteiger charge is -2.11. The van der Waals surface area contributed by atoms with Gasteiger partial charge in [-0.1, -0.05) is 0 Å². The zero-order valence-corrected chi connectivity index (χ0v) is 11.3. The highest BCUT2D eigenvalue weighted by atomic mass is 32.2. The van der Waals surface area contributed by atoms with Crippen molar-refractivity contribution >= 4 is 16.0 Å². The van der Waals surface area contributed by atoms with Crippen molar-refractivity contribution in [3.05, 3.63) is 23.8 Å². The summed E-state index contributed by atoms with van der Waals surface area (Å²) in [7, 11) is -2.87. The molecular formula is C11H13F2NO5S. The van der Waals surface area contributed by atoms with Gasteiger partial charge in [0.15, 0.2) is 0 Å². The third kappa shape index (κ3) is 4.42. The van der Waals surface area contributed by atoms with Crippen molar-refractivity contribution in [3.63, 3.8) is 0 Å². The van der Waals surface area contributed by atoms with Crippen molar-refractivity contribution in [2.24, 2.45) is 0 Å². The molecule has 0 heterocycles. The van der Waals surface area contributed by atoms with Crippen molar-refractivity contribution in [2.75, 3.05) is 13.7 Å². The van der Waals surface area contributed by atoms with Gasteiger partial charge in [-0.25, -0.2) is 21.9 Å². The minimum Gasteiger partial charge on any atom is -0.497 e. The van der Waals surface area contributed by atoms with Gasteiger partial charge in [0.1, 0.15) is 5.75 Å². The molecule has 0 saturated carbocycles. The van der Waals surface area contributed by atoms with Gasteiger partial charge in [0.2, 0.25) is 10.0 Å². The molecule has 0 bridgehead atoms. The van der Waals surface area contributed by atoms with Crippen LogP contribution in [0.5, 0.6) is 5.75 Å². The van der Waals surface area contributed by atoms with Crippen molar-refractivity contribution in [1.82, 2.24) is 4.72 Å². The number of hydrogen-bond donors (Lipinski definition) is 2. The van der Waals surface area contributed by atoms with Crippen LogP contribution < -0.4 is 9.46 Å². The average molecular weight is 309 g/mol. The first kappa shape index (κ1) is 16.3. The van der Waals surface area contributed by atoms with Gasteiger partial charge in [-0.2, -0.15) is 0 Å². The Kier molecular flexibility index (Phi) is 5.40. The number of carboxylic acids is 1. The van der Waals surface area contributed by atoms with E-state index in [2.05, 4.69) is 0 Å². The predicted octanol–water partition coefficient (Wildman–Crippen LogP) is 0.866. The van der Waals surface area contributed by atoms with Crippen LogP contribution in [0.2, 0.25) is 0 Å². The van der Waals surface area contributed by atoms with E-state index in [9.17, 15) is 22.0 Å². The van der Waals surface area contributed by atoms with E-state index >= 15 is 0 Å². The number of halogens is 2. The van der Waals surface area contributed by atoms with Crippen molar-refractivity contribution in [3.8, 4) is 5.75 Å². The van der Waals surface area contributed by atoms with Crippen molar-refractivity contribution in [1.29, 1.82) is 0 Å². The molecule has 9 heteroatoms. The summed E-state index contributed by atoms with van der Waals surface area (Å²) in [5.41, 5.74) is -0.0429. The van der Waals surface area contributed by atoms with Gasteiger partial charge in [0.25, 0.3) is 6.43 Å². The summed E-state index contributed by atoms with van der Waals surface area (Å²) in [6.07, 6.45) is -3.41. The Morgan fingerprint density at radius 3 is 2.60 bits per heavy atom. The van der Waals surface area contributed by atoms with Crippen LogP contribution in [0, 0.1) is 0 Å². The van der Waals surface area contributed by atoms with Crippen LogP contribution in [0.15, 0.2) is 23.1 Å². The zero-order chi connectivity index (χ0) is 15.3. The molecule has 0 atom stereocenters. The highest BCUT2D eigenvalue weighted by Crippen LogP contribution is 2.22. The Hall–Kier alpha value is -1.74. The molecule has 1 rings (SSSR count). The number of rotatable bonds is 7. The second kappa shape index (κ2) is 6.62. The number of hydrogen-bond acceptors (Lipinski definition) is 4. The zero-order valence-electron chi connectivity index (χ0n) is 10.5. The van der Waals surface area contributed by atoms with E-state index in [4.69, 9.17) is 9.84 Å². The monoisotopic (exact) mass is 309 g/mol. The maximum absolute atomic E-state index is 12.1. The standard InChI is InChI=1S/C11H13F2NO5S/c1-19-8-2-3-9(7(4-8)5-11(15)16)20(17,18)14-6-10(12)13/h2-4,10,14H,5-6H2,1H3,(H,15,16). The van der Waals surface area contributed by atoms with Gasteiger partial charge in [-0.15, -0.1) is 0 Å². The fourth-order valence-electron chi connectivity index (χ4n) is 1.50. The SMILES string of the molecule is COc1ccc(S(=O)(=O)NCC(F)F)c(CC(=O)O)c1. The summed E-state index contributed by atoms with van der Waals surface area (Å²) in [6.45, 7) is -1.04. The first-order valence-corrected chi connectivity index (χ1v) is 6.91. The van der Waals surface area contributed by atoms with Crippen molar-refractivity contribution < 1.29 is 31.8 Å². The van der Waals surface area contributed by atoms with Gasteiger partial charge in [-0.3, -0.25) is 4.79 Å². The van der Waals surface area contributed by atoms with Crippen LogP contribution in [-0.2, 0) is 21.2 Å². The number of carboxylic acid groups (broad SMARTS) is 1. The molecule has 112 valence electrons. The van der Waals surface area contributed by atoms with Gasteiger partial charge in [0.05, 0.1) is 25.0 Å². The number of sulfonamides is 1. The molecule has 1 aromatic rings. The number of aliphatic carboxylic acids is 1. The topological polar surface area (TPSA) is 92.7 Å². The minimum absolute atomic E-state index is 0.0429. The Balaban J connectivity index is 3.18. The number of benzene rings is 1. The molecule has 0 spiro atoms. The summed E-state index contributed by atoms with van der Waals surface area (Å²) in [6, 6.07) is 3.66. The Labute approximate surface area is 114 Å². The highest BCUT2D eigenvalue weighted by Gasteiger charge is 2.21. The second-order valence-corrected chi connectivity index (χ2v) is 5.52. The predicted molar refractivity (Wildman–Crippen MR) is 65.5 cm³/mol. The van der Waals surface area contributed by atoms with Crippen LogP contribution in [-0.4, -0.2) is 39.6 Å². The minimum atomic E-state index is -4.21. The summed E-state index contributed by atoms with van der Waals surface area (Å²) in [5.74, 6) is -0.974. The van der Waals surface area contributed by atoms with E-state index in [1.165, 1.54) is 19.2 Å².